The normalized spacial score (nSPS) is 12.9. The van der Waals surface area contributed by atoms with Gasteiger partial charge in [0.1, 0.15) is 25.5 Å². The number of aryl methyl sites for hydroxylation is 1. The second-order valence-corrected chi connectivity index (χ2v) is 5.63. The first-order chi connectivity index (χ1) is 12.1. The minimum Gasteiger partial charge on any atom is -0.490 e. The summed E-state index contributed by atoms with van der Waals surface area (Å²) >= 11 is 0. The molecule has 0 aromatic heterocycles. The third-order valence-corrected chi connectivity index (χ3v) is 3.77. The number of fused-ring (bicyclic) bond motifs is 1. The Hall–Kier alpha value is -3.15. The van der Waals surface area contributed by atoms with Crippen molar-refractivity contribution in [2.75, 3.05) is 19.8 Å². The maximum absolute atomic E-state index is 12.2. The van der Waals surface area contributed by atoms with Crippen LogP contribution < -0.4 is 4.74 Å². The fourth-order valence-electron chi connectivity index (χ4n) is 2.58. The molecule has 0 N–H and O–H groups in total. The largest absolute Gasteiger partial charge is 0.490 e. The topological polar surface area (TPSA) is 72.9 Å². The zero-order chi connectivity index (χ0) is 17.8. The van der Waals surface area contributed by atoms with Crippen molar-refractivity contribution in [3.05, 3.63) is 65.2 Å². The number of rotatable bonds is 6. The lowest BCUT2D eigenvalue weighted by molar-refractivity contribution is -0.144. The average Bonchev–Trinajstić information content (AvgIpc) is 2.84. The van der Waals surface area contributed by atoms with E-state index in [2.05, 4.69) is 0 Å². The van der Waals surface area contributed by atoms with Gasteiger partial charge in [0.05, 0.1) is 11.1 Å². The second-order valence-electron chi connectivity index (χ2n) is 5.63. The summed E-state index contributed by atoms with van der Waals surface area (Å²) in [5.41, 5.74) is 1.69. The van der Waals surface area contributed by atoms with Gasteiger partial charge in [0.25, 0.3) is 11.8 Å². The highest BCUT2D eigenvalue weighted by molar-refractivity contribution is 6.22. The van der Waals surface area contributed by atoms with Gasteiger partial charge in [-0.1, -0.05) is 24.3 Å². The first kappa shape index (κ1) is 16.7. The number of hydrogen-bond acceptors (Lipinski definition) is 5. The number of imide groups is 1. The summed E-state index contributed by atoms with van der Waals surface area (Å²) in [6.45, 7) is 1.78. The number of nitrogens with zero attached hydrogens (tertiary/aromatic N) is 1. The Bertz CT molecular complexity index is 795. The van der Waals surface area contributed by atoms with Crippen LogP contribution in [-0.4, -0.2) is 42.4 Å². The highest BCUT2D eigenvalue weighted by Gasteiger charge is 2.36. The molecular weight excluding hydrogens is 322 g/mol. The minimum absolute atomic E-state index is 0.0376. The molecule has 0 aliphatic carbocycles. The zero-order valence-electron chi connectivity index (χ0n) is 13.7. The van der Waals surface area contributed by atoms with E-state index in [0.29, 0.717) is 16.9 Å². The van der Waals surface area contributed by atoms with Crippen molar-refractivity contribution in [3.8, 4) is 5.75 Å². The van der Waals surface area contributed by atoms with Crippen LogP contribution in [0.1, 0.15) is 26.3 Å². The lowest BCUT2D eigenvalue weighted by Crippen LogP contribution is -2.36. The van der Waals surface area contributed by atoms with Crippen LogP contribution in [0.3, 0.4) is 0 Å². The third kappa shape index (κ3) is 3.68. The molecule has 0 bridgehead atoms. The van der Waals surface area contributed by atoms with Crippen LogP contribution >= 0.6 is 0 Å². The summed E-state index contributed by atoms with van der Waals surface area (Å²) in [5, 5.41) is 0. The monoisotopic (exact) mass is 339 g/mol. The van der Waals surface area contributed by atoms with Gasteiger partial charge >= 0.3 is 5.97 Å². The fourth-order valence-corrected chi connectivity index (χ4v) is 2.58. The Morgan fingerprint density at radius 3 is 2.28 bits per heavy atom. The zero-order valence-corrected chi connectivity index (χ0v) is 13.7. The molecule has 1 aliphatic rings. The molecule has 6 nitrogen and oxygen atoms in total. The molecule has 0 saturated heterocycles. The van der Waals surface area contributed by atoms with Gasteiger partial charge in [-0.3, -0.25) is 19.3 Å². The molecule has 25 heavy (non-hydrogen) atoms. The van der Waals surface area contributed by atoms with Gasteiger partial charge in [-0.2, -0.15) is 0 Å². The van der Waals surface area contributed by atoms with E-state index >= 15 is 0 Å². The molecule has 0 spiro atoms. The van der Waals surface area contributed by atoms with Crippen LogP contribution in [0.15, 0.2) is 48.5 Å². The predicted molar refractivity (Wildman–Crippen MR) is 89.4 cm³/mol. The van der Waals surface area contributed by atoms with Gasteiger partial charge in [0, 0.05) is 0 Å². The Labute approximate surface area is 145 Å². The number of amides is 2. The third-order valence-electron chi connectivity index (χ3n) is 3.77. The van der Waals surface area contributed by atoms with E-state index in [4.69, 9.17) is 9.47 Å². The molecule has 1 heterocycles. The van der Waals surface area contributed by atoms with Crippen molar-refractivity contribution in [2.45, 2.75) is 6.92 Å². The summed E-state index contributed by atoms with van der Waals surface area (Å²) in [6.07, 6.45) is 0. The van der Waals surface area contributed by atoms with Gasteiger partial charge < -0.3 is 9.47 Å². The van der Waals surface area contributed by atoms with Crippen LogP contribution in [0.25, 0.3) is 0 Å². The molecule has 0 saturated carbocycles. The number of carbonyl (C=O) groups is 3. The molecule has 2 aromatic carbocycles. The van der Waals surface area contributed by atoms with Crippen LogP contribution in [-0.2, 0) is 9.53 Å². The predicted octanol–water partition coefficient (Wildman–Crippen LogP) is 2.21. The minimum atomic E-state index is -0.651. The number of benzene rings is 2. The Morgan fingerprint density at radius 1 is 0.960 bits per heavy atom. The molecule has 0 radical (unpaired) electrons. The molecule has 0 unspecified atom stereocenters. The quantitative estimate of drug-likeness (QED) is 0.458. The molecule has 6 heteroatoms. The van der Waals surface area contributed by atoms with Gasteiger partial charge in [-0.25, -0.2) is 0 Å². The molecule has 0 fully saturated rings. The number of esters is 1. The van der Waals surface area contributed by atoms with E-state index in [1.54, 1.807) is 24.3 Å². The first-order valence-electron chi connectivity index (χ1n) is 7.86. The standard InChI is InChI=1S/C19H17NO5/c1-13-5-4-6-14(11-13)24-9-10-25-17(21)12-20-18(22)15-7-2-3-8-16(15)19(20)23/h2-8,11H,9-10,12H2,1H3. The van der Waals surface area contributed by atoms with Crippen molar-refractivity contribution in [1.29, 1.82) is 0 Å². The first-order valence-corrected chi connectivity index (χ1v) is 7.86. The molecule has 2 amide bonds. The summed E-state index contributed by atoms with van der Waals surface area (Å²) in [7, 11) is 0. The van der Waals surface area contributed by atoms with Crippen molar-refractivity contribution in [2.24, 2.45) is 0 Å². The summed E-state index contributed by atoms with van der Waals surface area (Å²) in [6, 6.07) is 14.0. The molecule has 2 aromatic rings. The van der Waals surface area contributed by atoms with Crippen molar-refractivity contribution in [1.82, 2.24) is 4.90 Å². The molecule has 128 valence electrons. The van der Waals surface area contributed by atoms with E-state index in [-0.39, 0.29) is 13.2 Å². The van der Waals surface area contributed by atoms with Crippen molar-refractivity contribution >= 4 is 17.8 Å². The molecule has 0 atom stereocenters. The lowest BCUT2D eigenvalue weighted by atomic mass is 10.1. The molecular formula is C19H17NO5. The van der Waals surface area contributed by atoms with Crippen LogP contribution in [0.5, 0.6) is 5.75 Å². The lowest BCUT2D eigenvalue weighted by Gasteiger charge is -2.13. The Balaban J connectivity index is 1.47. The highest BCUT2D eigenvalue weighted by atomic mass is 16.6. The van der Waals surface area contributed by atoms with Gasteiger partial charge in [0.2, 0.25) is 0 Å². The maximum Gasteiger partial charge on any atom is 0.326 e. The summed E-state index contributed by atoms with van der Waals surface area (Å²) in [4.78, 5) is 37.1. The van der Waals surface area contributed by atoms with E-state index in [1.807, 2.05) is 31.2 Å². The van der Waals surface area contributed by atoms with E-state index < -0.39 is 24.3 Å². The second kappa shape index (κ2) is 7.17. The maximum atomic E-state index is 12.2. The average molecular weight is 339 g/mol. The van der Waals surface area contributed by atoms with E-state index in [0.717, 1.165) is 10.5 Å². The van der Waals surface area contributed by atoms with Crippen molar-refractivity contribution < 1.29 is 23.9 Å². The van der Waals surface area contributed by atoms with Crippen LogP contribution in [0.4, 0.5) is 0 Å². The summed E-state index contributed by atoms with van der Waals surface area (Å²) in [5.74, 6) is -0.916. The van der Waals surface area contributed by atoms with Crippen LogP contribution in [0.2, 0.25) is 0 Å². The van der Waals surface area contributed by atoms with Gasteiger partial charge in [0.15, 0.2) is 0 Å². The van der Waals surface area contributed by atoms with E-state index in [9.17, 15) is 14.4 Å². The van der Waals surface area contributed by atoms with E-state index in [1.165, 1.54) is 0 Å². The number of hydrogen-bond donors (Lipinski definition) is 0. The molecule has 3 rings (SSSR count). The number of ether oxygens (including phenoxy) is 2. The smallest absolute Gasteiger partial charge is 0.326 e. The Morgan fingerprint density at radius 2 is 1.64 bits per heavy atom. The Kier molecular flexibility index (Phi) is 4.79. The SMILES string of the molecule is Cc1cccc(OCCOC(=O)CN2C(=O)c3ccccc3C2=O)c1. The summed E-state index contributed by atoms with van der Waals surface area (Å²) < 4.78 is 10.5. The van der Waals surface area contributed by atoms with Crippen molar-refractivity contribution in [3.63, 3.8) is 0 Å². The number of carbonyl (C=O) groups excluding carboxylic acids is 3. The van der Waals surface area contributed by atoms with Crippen LogP contribution in [0, 0.1) is 6.92 Å². The highest BCUT2D eigenvalue weighted by Crippen LogP contribution is 2.22. The van der Waals surface area contributed by atoms with Gasteiger partial charge in [-0.15, -0.1) is 0 Å². The fraction of sp³-hybridized carbons (Fsp3) is 0.211. The molecule has 1 aliphatic heterocycles. The van der Waals surface area contributed by atoms with Gasteiger partial charge in [-0.05, 0) is 36.8 Å².